The molecule has 0 aliphatic carbocycles. The van der Waals surface area contributed by atoms with Crippen LogP contribution < -0.4 is 14.8 Å². The first-order valence-corrected chi connectivity index (χ1v) is 10.1. The maximum atomic E-state index is 13.8. The van der Waals surface area contributed by atoms with Gasteiger partial charge in [0.1, 0.15) is 35.6 Å². The lowest BCUT2D eigenvalue weighted by atomic mass is 10.1. The van der Waals surface area contributed by atoms with E-state index in [4.69, 9.17) is 32.7 Å². The first kappa shape index (κ1) is 23.1. The average molecular weight is 471 g/mol. The molecule has 1 amide bonds. The molecule has 0 bridgehead atoms. The lowest BCUT2D eigenvalue weighted by Gasteiger charge is -2.12. The highest BCUT2D eigenvalue weighted by molar-refractivity contribution is 6.42. The van der Waals surface area contributed by atoms with Gasteiger partial charge in [-0.3, -0.25) is 4.79 Å². The van der Waals surface area contributed by atoms with Gasteiger partial charge in [-0.15, -0.1) is 0 Å². The summed E-state index contributed by atoms with van der Waals surface area (Å²) in [5, 5.41) is 12.7. The Bertz CT molecular complexity index is 1220. The maximum absolute atomic E-state index is 13.8. The summed E-state index contributed by atoms with van der Waals surface area (Å²) in [6, 6.07) is 17.6. The number of rotatable bonds is 7. The van der Waals surface area contributed by atoms with Crippen molar-refractivity contribution in [1.29, 1.82) is 5.26 Å². The Hall–Kier alpha value is -3.53. The third kappa shape index (κ3) is 5.79. The second-order valence-corrected chi connectivity index (χ2v) is 7.36. The SMILES string of the molecule is COc1ccc(/C=C(\C#N)C(=O)Nc2ccccc2F)c(OCc2ccc(Cl)c(Cl)c2)c1. The number of nitrogens with zero attached hydrogens (tertiary/aromatic N) is 1. The van der Waals surface area contributed by atoms with Crippen molar-refractivity contribution in [1.82, 2.24) is 0 Å². The molecule has 0 heterocycles. The Kier molecular flexibility index (Phi) is 7.72. The highest BCUT2D eigenvalue weighted by Crippen LogP contribution is 2.29. The van der Waals surface area contributed by atoms with Crippen LogP contribution in [0.25, 0.3) is 6.08 Å². The molecule has 0 saturated carbocycles. The lowest BCUT2D eigenvalue weighted by Crippen LogP contribution is -2.14. The molecule has 0 aliphatic heterocycles. The van der Waals surface area contributed by atoms with Crippen molar-refractivity contribution in [3.8, 4) is 17.6 Å². The van der Waals surface area contributed by atoms with E-state index in [1.165, 1.54) is 31.4 Å². The van der Waals surface area contributed by atoms with Crippen molar-refractivity contribution >= 4 is 40.9 Å². The van der Waals surface area contributed by atoms with Gasteiger partial charge in [-0.25, -0.2) is 4.39 Å². The Labute approximate surface area is 194 Å². The number of carbonyl (C=O) groups excluding carboxylic acids is 1. The van der Waals surface area contributed by atoms with E-state index in [0.29, 0.717) is 27.1 Å². The highest BCUT2D eigenvalue weighted by Gasteiger charge is 2.14. The first-order chi connectivity index (χ1) is 15.4. The molecule has 162 valence electrons. The van der Waals surface area contributed by atoms with Gasteiger partial charge in [0, 0.05) is 11.6 Å². The zero-order chi connectivity index (χ0) is 23.1. The molecule has 0 unspecified atom stereocenters. The summed E-state index contributed by atoms with van der Waals surface area (Å²) in [5.74, 6) is -0.445. The third-order valence-electron chi connectivity index (χ3n) is 4.39. The molecule has 32 heavy (non-hydrogen) atoms. The molecule has 3 aromatic rings. The number of amides is 1. The van der Waals surface area contributed by atoms with Crippen molar-refractivity contribution in [3.63, 3.8) is 0 Å². The molecule has 3 rings (SSSR count). The summed E-state index contributed by atoms with van der Waals surface area (Å²) in [6.07, 6.45) is 1.36. The van der Waals surface area contributed by atoms with Gasteiger partial charge in [0.15, 0.2) is 0 Å². The second kappa shape index (κ2) is 10.7. The van der Waals surface area contributed by atoms with Crippen molar-refractivity contribution in [2.45, 2.75) is 6.61 Å². The van der Waals surface area contributed by atoms with Gasteiger partial charge in [-0.2, -0.15) is 5.26 Å². The summed E-state index contributed by atoms with van der Waals surface area (Å²) in [4.78, 5) is 12.5. The van der Waals surface area contributed by atoms with E-state index in [1.807, 2.05) is 6.07 Å². The molecule has 0 aromatic heterocycles. The Morgan fingerprint density at radius 1 is 1.12 bits per heavy atom. The van der Waals surface area contributed by atoms with Crippen LogP contribution in [0, 0.1) is 17.1 Å². The number of nitrogens with one attached hydrogen (secondary N) is 1. The van der Waals surface area contributed by atoms with Gasteiger partial charge in [0.2, 0.25) is 0 Å². The Balaban J connectivity index is 1.87. The quantitative estimate of drug-likeness (QED) is 0.326. The summed E-state index contributed by atoms with van der Waals surface area (Å²) in [7, 11) is 1.51. The van der Waals surface area contributed by atoms with Crippen molar-refractivity contribution in [2.24, 2.45) is 0 Å². The minimum Gasteiger partial charge on any atom is -0.497 e. The van der Waals surface area contributed by atoms with Gasteiger partial charge in [0.05, 0.1) is 22.8 Å². The van der Waals surface area contributed by atoms with Crippen molar-refractivity contribution in [3.05, 3.63) is 93.2 Å². The number of methoxy groups -OCH3 is 1. The zero-order valence-corrected chi connectivity index (χ0v) is 18.4. The number of para-hydroxylation sites is 1. The molecule has 0 atom stereocenters. The zero-order valence-electron chi connectivity index (χ0n) is 16.9. The van der Waals surface area contributed by atoms with Crippen LogP contribution in [0.5, 0.6) is 11.5 Å². The van der Waals surface area contributed by atoms with Crippen molar-refractivity contribution < 1.29 is 18.7 Å². The molecule has 1 N–H and O–H groups in total. The largest absolute Gasteiger partial charge is 0.497 e. The smallest absolute Gasteiger partial charge is 0.266 e. The summed E-state index contributed by atoms with van der Waals surface area (Å²) < 4.78 is 25.0. The fourth-order valence-electron chi connectivity index (χ4n) is 2.73. The predicted octanol–water partition coefficient (Wildman–Crippen LogP) is 6.27. The van der Waals surface area contributed by atoms with Gasteiger partial charge in [-0.05, 0) is 48.0 Å². The number of hydrogen-bond donors (Lipinski definition) is 1. The van der Waals surface area contributed by atoms with Crippen LogP contribution in [0.15, 0.2) is 66.2 Å². The molecule has 0 spiro atoms. The normalized spacial score (nSPS) is 10.9. The van der Waals surface area contributed by atoms with Gasteiger partial charge in [-0.1, -0.05) is 41.4 Å². The number of anilines is 1. The van der Waals surface area contributed by atoms with Gasteiger partial charge in [0.25, 0.3) is 5.91 Å². The lowest BCUT2D eigenvalue weighted by molar-refractivity contribution is -0.112. The molecule has 0 radical (unpaired) electrons. The number of hydrogen-bond acceptors (Lipinski definition) is 4. The van der Waals surface area contributed by atoms with E-state index in [1.54, 1.807) is 42.5 Å². The van der Waals surface area contributed by atoms with Crippen LogP contribution in [-0.4, -0.2) is 13.0 Å². The molecule has 0 aliphatic rings. The highest BCUT2D eigenvalue weighted by atomic mass is 35.5. The van der Waals surface area contributed by atoms with Crippen LogP contribution in [0.2, 0.25) is 10.0 Å². The minimum atomic E-state index is -0.746. The Morgan fingerprint density at radius 3 is 2.59 bits per heavy atom. The topological polar surface area (TPSA) is 71.3 Å². The van der Waals surface area contributed by atoms with E-state index in [2.05, 4.69) is 5.32 Å². The fraction of sp³-hybridized carbons (Fsp3) is 0.0833. The molecule has 0 fully saturated rings. The number of carbonyl (C=O) groups is 1. The van der Waals surface area contributed by atoms with E-state index in [0.717, 1.165) is 5.56 Å². The van der Waals surface area contributed by atoms with E-state index in [9.17, 15) is 14.4 Å². The predicted molar refractivity (Wildman–Crippen MR) is 122 cm³/mol. The van der Waals surface area contributed by atoms with Crippen molar-refractivity contribution in [2.75, 3.05) is 12.4 Å². The first-order valence-electron chi connectivity index (χ1n) is 9.33. The minimum absolute atomic E-state index is 0.0236. The summed E-state index contributed by atoms with van der Waals surface area (Å²) >= 11 is 12.0. The number of halogens is 3. The molecule has 5 nitrogen and oxygen atoms in total. The number of ether oxygens (including phenoxy) is 2. The van der Waals surface area contributed by atoms with Crippen LogP contribution >= 0.6 is 23.2 Å². The molecular weight excluding hydrogens is 454 g/mol. The molecule has 8 heteroatoms. The van der Waals surface area contributed by atoms with Crippen LogP contribution in [0.3, 0.4) is 0 Å². The number of benzene rings is 3. The van der Waals surface area contributed by atoms with E-state index in [-0.39, 0.29) is 17.9 Å². The second-order valence-electron chi connectivity index (χ2n) is 6.54. The van der Waals surface area contributed by atoms with E-state index < -0.39 is 11.7 Å². The molecule has 0 saturated heterocycles. The maximum Gasteiger partial charge on any atom is 0.266 e. The average Bonchev–Trinajstić information content (AvgIpc) is 2.80. The standard InChI is InChI=1S/C24H17Cl2FN2O3/c1-31-18-8-7-16(23(12-18)32-14-15-6-9-19(25)20(26)10-15)11-17(13-28)24(30)29-22-5-3-2-4-21(22)27/h2-12H,14H2,1H3,(H,29,30)/b17-11+. The van der Waals surface area contributed by atoms with Crippen LogP contribution in [0.1, 0.15) is 11.1 Å². The molecular formula is C24H17Cl2FN2O3. The third-order valence-corrected chi connectivity index (χ3v) is 5.13. The van der Waals surface area contributed by atoms with Crippen LogP contribution in [-0.2, 0) is 11.4 Å². The fourth-order valence-corrected chi connectivity index (χ4v) is 3.05. The van der Waals surface area contributed by atoms with Gasteiger partial charge < -0.3 is 14.8 Å². The van der Waals surface area contributed by atoms with E-state index >= 15 is 0 Å². The summed E-state index contributed by atoms with van der Waals surface area (Å²) in [6.45, 7) is 0.161. The van der Waals surface area contributed by atoms with Crippen LogP contribution in [0.4, 0.5) is 10.1 Å². The monoisotopic (exact) mass is 470 g/mol. The molecule has 3 aromatic carbocycles. The number of nitriles is 1. The Morgan fingerprint density at radius 2 is 1.91 bits per heavy atom. The van der Waals surface area contributed by atoms with Gasteiger partial charge >= 0.3 is 0 Å². The summed E-state index contributed by atoms with van der Waals surface area (Å²) in [5.41, 5.74) is 0.989.